The summed E-state index contributed by atoms with van der Waals surface area (Å²) >= 11 is 1.03. The van der Waals surface area contributed by atoms with Crippen LogP contribution in [-0.4, -0.2) is 16.8 Å². The highest BCUT2D eigenvalue weighted by atomic mass is 32.2. The first-order valence-corrected chi connectivity index (χ1v) is 12.1. The molecule has 0 bridgehead atoms. The minimum Gasteiger partial charge on any atom is -0.274 e. The van der Waals surface area contributed by atoms with Gasteiger partial charge in [0.05, 0.1) is 11.5 Å². The monoisotopic (exact) mass is 422 g/mol. The molecule has 0 aliphatic rings. The molecule has 2 aromatic carbocycles. The van der Waals surface area contributed by atoms with E-state index in [0.717, 1.165) is 11.3 Å². The molecule has 0 saturated heterocycles. The number of nitrogens with one attached hydrogen (secondary N) is 2. The summed E-state index contributed by atoms with van der Waals surface area (Å²) in [6.45, 7) is 0. The van der Waals surface area contributed by atoms with Gasteiger partial charge in [-0.05, 0) is 23.3 Å². The second-order valence-corrected chi connectivity index (χ2v) is 10.4. The molecule has 6 nitrogen and oxygen atoms in total. The molecule has 0 unspecified atom stereocenters. The van der Waals surface area contributed by atoms with Crippen LogP contribution in [0.25, 0.3) is 0 Å². The lowest BCUT2D eigenvalue weighted by molar-refractivity contribution is 0.599. The van der Waals surface area contributed by atoms with Crippen LogP contribution in [0, 0.1) is 0 Å². The lowest BCUT2D eigenvalue weighted by atomic mass is 10.2. The van der Waals surface area contributed by atoms with Gasteiger partial charge in [0.2, 0.25) is 20.0 Å². The van der Waals surface area contributed by atoms with Crippen LogP contribution in [0.15, 0.2) is 72.8 Å². The van der Waals surface area contributed by atoms with E-state index in [1.165, 1.54) is 12.1 Å². The van der Waals surface area contributed by atoms with Crippen molar-refractivity contribution in [2.75, 3.05) is 9.44 Å². The van der Waals surface area contributed by atoms with Crippen LogP contribution in [0.1, 0.15) is 11.1 Å². The van der Waals surface area contributed by atoms with E-state index in [1.54, 1.807) is 48.5 Å². The minimum absolute atomic E-state index is 0.152. The first-order chi connectivity index (χ1) is 12.8. The van der Waals surface area contributed by atoms with E-state index < -0.39 is 20.0 Å². The van der Waals surface area contributed by atoms with Crippen LogP contribution in [0.5, 0.6) is 0 Å². The van der Waals surface area contributed by atoms with Gasteiger partial charge in [0.15, 0.2) is 0 Å². The number of hydrogen-bond donors (Lipinski definition) is 2. The van der Waals surface area contributed by atoms with Crippen LogP contribution in [0.4, 0.5) is 10.0 Å². The summed E-state index contributed by atoms with van der Waals surface area (Å²) in [5, 5.41) is 0.701. The largest absolute Gasteiger partial charge is 0.274 e. The first kappa shape index (κ1) is 19.4. The molecule has 1 aromatic heterocycles. The summed E-state index contributed by atoms with van der Waals surface area (Å²) in [6, 6.07) is 20.7. The quantitative estimate of drug-likeness (QED) is 0.580. The number of sulfonamides is 2. The van der Waals surface area contributed by atoms with E-state index in [0.29, 0.717) is 21.1 Å². The Morgan fingerprint density at radius 3 is 1.33 bits per heavy atom. The molecule has 0 radical (unpaired) electrons. The van der Waals surface area contributed by atoms with Gasteiger partial charge in [-0.25, -0.2) is 16.8 Å². The van der Waals surface area contributed by atoms with Crippen molar-refractivity contribution in [1.82, 2.24) is 0 Å². The fourth-order valence-corrected chi connectivity index (χ4v) is 6.17. The molecule has 0 spiro atoms. The van der Waals surface area contributed by atoms with Crippen LogP contribution in [0.3, 0.4) is 0 Å². The molecule has 3 rings (SSSR count). The summed E-state index contributed by atoms with van der Waals surface area (Å²) in [7, 11) is -7.17. The SMILES string of the molecule is O=S(=O)(Cc1ccccc1)Nc1ccc(NS(=O)(=O)Cc2ccccc2)s1. The molecule has 0 fully saturated rings. The fourth-order valence-electron chi connectivity index (χ4n) is 2.41. The van der Waals surface area contributed by atoms with Crippen molar-refractivity contribution in [3.8, 4) is 0 Å². The van der Waals surface area contributed by atoms with E-state index in [1.807, 2.05) is 12.1 Å². The topological polar surface area (TPSA) is 92.3 Å². The number of benzene rings is 2. The zero-order valence-electron chi connectivity index (χ0n) is 14.2. The molecule has 0 amide bonds. The van der Waals surface area contributed by atoms with E-state index in [9.17, 15) is 16.8 Å². The number of rotatable bonds is 8. The average Bonchev–Trinajstić information content (AvgIpc) is 3.01. The highest BCUT2D eigenvalue weighted by Crippen LogP contribution is 2.29. The number of anilines is 2. The third-order valence-corrected chi connectivity index (χ3v) is 7.18. The Morgan fingerprint density at radius 2 is 0.963 bits per heavy atom. The third kappa shape index (κ3) is 6.09. The first-order valence-electron chi connectivity index (χ1n) is 8.00. The molecule has 0 aliphatic heterocycles. The maximum Gasteiger partial charge on any atom is 0.237 e. The molecule has 0 aliphatic carbocycles. The molecule has 2 N–H and O–H groups in total. The van der Waals surface area contributed by atoms with Crippen molar-refractivity contribution in [2.45, 2.75) is 11.5 Å². The van der Waals surface area contributed by atoms with Gasteiger partial charge in [-0.15, -0.1) is 0 Å². The van der Waals surface area contributed by atoms with Crippen molar-refractivity contribution in [1.29, 1.82) is 0 Å². The second-order valence-electron chi connectivity index (χ2n) is 5.86. The lowest BCUT2D eigenvalue weighted by Gasteiger charge is -2.07. The van der Waals surface area contributed by atoms with Gasteiger partial charge >= 0.3 is 0 Å². The Hall–Kier alpha value is -2.36. The van der Waals surface area contributed by atoms with Crippen molar-refractivity contribution in [3.05, 3.63) is 83.9 Å². The molecule has 3 aromatic rings. The summed E-state index contributed by atoms with van der Waals surface area (Å²) in [6.07, 6.45) is 0. The molecular weight excluding hydrogens is 404 g/mol. The van der Waals surface area contributed by atoms with Crippen LogP contribution in [0.2, 0.25) is 0 Å². The highest BCUT2D eigenvalue weighted by molar-refractivity contribution is 7.92. The average molecular weight is 423 g/mol. The van der Waals surface area contributed by atoms with Gasteiger partial charge in [0, 0.05) is 0 Å². The zero-order valence-corrected chi connectivity index (χ0v) is 16.6. The Balaban J connectivity index is 1.64. The normalized spacial score (nSPS) is 11.9. The van der Waals surface area contributed by atoms with E-state index >= 15 is 0 Å². The molecule has 1 heterocycles. The summed E-state index contributed by atoms with van der Waals surface area (Å²) < 4.78 is 54.0. The number of hydrogen-bond acceptors (Lipinski definition) is 5. The van der Waals surface area contributed by atoms with Gasteiger partial charge < -0.3 is 0 Å². The van der Waals surface area contributed by atoms with E-state index in [2.05, 4.69) is 9.44 Å². The van der Waals surface area contributed by atoms with Gasteiger partial charge in [-0.3, -0.25) is 9.44 Å². The number of thiophene rings is 1. The minimum atomic E-state index is -3.58. The maximum absolute atomic E-state index is 12.3. The van der Waals surface area contributed by atoms with Crippen molar-refractivity contribution >= 4 is 41.4 Å². The summed E-state index contributed by atoms with van der Waals surface area (Å²) in [5.41, 5.74) is 1.34. The van der Waals surface area contributed by atoms with E-state index in [4.69, 9.17) is 0 Å². The summed E-state index contributed by atoms with van der Waals surface area (Å²) in [5.74, 6) is -0.304. The molecule has 9 heteroatoms. The summed E-state index contributed by atoms with van der Waals surface area (Å²) in [4.78, 5) is 0. The Kier molecular flexibility index (Phi) is 5.83. The standard InChI is InChI=1S/C18H18N2O4S3/c21-26(22,13-15-7-3-1-4-8-15)19-17-11-12-18(25-17)20-27(23,24)14-16-9-5-2-6-10-16/h1-12,19-20H,13-14H2. The smallest absolute Gasteiger partial charge is 0.237 e. The van der Waals surface area contributed by atoms with E-state index in [-0.39, 0.29) is 11.5 Å². The third-order valence-electron chi connectivity index (χ3n) is 3.52. The van der Waals surface area contributed by atoms with Gasteiger partial charge in [-0.1, -0.05) is 72.0 Å². The Morgan fingerprint density at radius 1 is 0.593 bits per heavy atom. The van der Waals surface area contributed by atoms with Gasteiger partial charge in [0.25, 0.3) is 0 Å². The molecule has 0 atom stereocenters. The predicted octanol–water partition coefficient (Wildman–Crippen LogP) is 3.63. The van der Waals surface area contributed by atoms with Crippen LogP contribution in [-0.2, 0) is 31.6 Å². The van der Waals surface area contributed by atoms with Gasteiger partial charge in [0.1, 0.15) is 10.0 Å². The maximum atomic E-state index is 12.3. The highest BCUT2D eigenvalue weighted by Gasteiger charge is 2.16. The fraction of sp³-hybridized carbons (Fsp3) is 0.111. The molecule has 27 heavy (non-hydrogen) atoms. The lowest BCUT2D eigenvalue weighted by Crippen LogP contribution is -2.14. The van der Waals surface area contributed by atoms with Crippen molar-refractivity contribution in [3.63, 3.8) is 0 Å². The molecular formula is C18H18N2O4S3. The molecule has 0 saturated carbocycles. The zero-order chi connectivity index (χ0) is 19.3. The second kappa shape index (κ2) is 8.12. The Bertz CT molecular complexity index is 1010. The predicted molar refractivity (Wildman–Crippen MR) is 110 cm³/mol. The van der Waals surface area contributed by atoms with Crippen molar-refractivity contribution < 1.29 is 16.8 Å². The Labute approximate surface area is 163 Å². The van der Waals surface area contributed by atoms with Gasteiger partial charge in [-0.2, -0.15) is 0 Å². The molecule has 142 valence electrons. The van der Waals surface area contributed by atoms with Crippen molar-refractivity contribution in [2.24, 2.45) is 0 Å². The van der Waals surface area contributed by atoms with Crippen LogP contribution < -0.4 is 9.44 Å². The van der Waals surface area contributed by atoms with Crippen LogP contribution >= 0.6 is 11.3 Å².